The molecule has 0 spiro atoms. The highest BCUT2D eigenvalue weighted by Crippen LogP contribution is 2.22. The molecule has 0 radical (unpaired) electrons. The van der Waals surface area contributed by atoms with Crippen molar-refractivity contribution >= 4 is 22.4 Å². The van der Waals surface area contributed by atoms with Gasteiger partial charge in [-0.15, -0.1) is 0 Å². The van der Waals surface area contributed by atoms with Crippen LogP contribution in [0.1, 0.15) is 5.56 Å². The van der Waals surface area contributed by atoms with Gasteiger partial charge in [0.1, 0.15) is 5.82 Å². The number of fused-ring (bicyclic) bond motifs is 1. The number of rotatable bonds is 5. The number of nitrogens with zero attached hydrogens (tertiary/aromatic N) is 5. The molecular formula is C23H23N7. The van der Waals surface area contributed by atoms with Crippen molar-refractivity contribution < 1.29 is 0 Å². The molecule has 1 fully saturated rings. The summed E-state index contributed by atoms with van der Waals surface area (Å²) in [6.07, 6.45) is 7.10. The van der Waals surface area contributed by atoms with Crippen molar-refractivity contribution in [1.29, 1.82) is 0 Å². The van der Waals surface area contributed by atoms with E-state index in [2.05, 4.69) is 59.7 Å². The molecule has 1 aliphatic rings. The van der Waals surface area contributed by atoms with Gasteiger partial charge in [0.25, 0.3) is 0 Å². The molecule has 2 N–H and O–H groups in total. The minimum atomic E-state index is 0.661. The summed E-state index contributed by atoms with van der Waals surface area (Å²) < 4.78 is 0. The predicted octanol–water partition coefficient (Wildman–Crippen LogP) is 3.24. The molecule has 0 aliphatic carbocycles. The fourth-order valence-corrected chi connectivity index (χ4v) is 3.67. The molecule has 7 nitrogen and oxygen atoms in total. The minimum absolute atomic E-state index is 0.661. The average Bonchev–Trinajstić information content (AvgIpc) is 2.80. The summed E-state index contributed by atoms with van der Waals surface area (Å²) in [6, 6.07) is 14.3. The van der Waals surface area contributed by atoms with Crippen LogP contribution >= 0.6 is 0 Å². The van der Waals surface area contributed by atoms with E-state index in [-0.39, 0.29) is 0 Å². The average molecular weight is 397 g/mol. The van der Waals surface area contributed by atoms with Gasteiger partial charge in [-0.1, -0.05) is 12.1 Å². The van der Waals surface area contributed by atoms with Crippen LogP contribution in [0.4, 0.5) is 11.5 Å². The lowest BCUT2D eigenvalue weighted by molar-refractivity contribution is 0.233. The smallest absolute Gasteiger partial charge is 0.160 e. The van der Waals surface area contributed by atoms with Crippen molar-refractivity contribution in [3.05, 3.63) is 72.8 Å². The second kappa shape index (κ2) is 8.52. The van der Waals surface area contributed by atoms with E-state index < -0.39 is 0 Å². The van der Waals surface area contributed by atoms with E-state index in [0.717, 1.165) is 60.7 Å². The lowest BCUT2D eigenvalue weighted by Gasteiger charge is -2.27. The molecule has 1 aromatic carbocycles. The Labute approximate surface area is 175 Å². The summed E-state index contributed by atoms with van der Waals surface area (Å²) in [4.78, 5) is 20.2. The number of benzene rings is 1. The minimum Gasteiger partial charge on any atom is -0.340 e. The van der Waals surface area contributed by atoms with Crippen LogP contribution in [0.5, 0.6) is 0 Å². The fourth-order valence-electron chi connectivity index (χ4n) is 3.67. The Hall–Kier alpha value is -3.42. The van der Waals surface area contributed by atoms with Crippen molar-refractivity contribution in [2.75, 3.05) is 31.5 Å². The van der Waals surface area contributed by atoms with Gasteiger partial charge < -0.3 is 10.6 Å². The van der Waals surface area contributed by atoms with E-state index in [1.54, 1.807) is 18.6 Å². The highest BCUT2D eigenvalue weighted by Gasteiger charge is 2.10. The summed E-state index contributed by atoms with van der Waals surface area (Å²) in [5.74, 6) is 1.43. The van der Waals surface area contributed by atoms with E-state index in [1.807, 2.05) is 24.4 Å². The predicted molar refractivity (Wildman–Crippen MR) is 118 cm³/mol. The number of nitrogens with one attached hydrogen (secondary N) is 2. The molecule has 3 aromatic heterocycles. The molecular weight excluding hydrogens is 374 g/mol. The first-order chi connectivity index (χ1) is 14.8. The Morgan fingerprint density at radius 1 is 0.967 bits per heavy atom. The van der Waals surface area contributed by atoms with Gasteiger partial charge in [0.15, 0.2) is 5.82 Å². The lowest BCUT2D eigenvalue weighted by atomic mass is 10.1. The number of anilines is 2. The van der Waals surface area contributed by atoms with Crippen LogP contribution in [0.3, 0.4) is 0 Å². The number of piperazine rings is 1. The number of hydrogen-bond donors (Lipinski definition) is 2. The topological polar surface area (TPSA) is 78.9 Å². The molecule has 0 bridgehead atoms. The number of aromatic nitrogens is 4. The zero-order valence-electron chi connectivity index (χ0n) is 16.6. The van der Waals surface area contributed by atoms with Gasteiger partial charge >= 0.3 is 0 Å². The van der Waals surface area contributed by atoms with E-state index >= 15 is 0 Å². The first-order valence-corrected chi connectivity index (χ1v) is 10.2. The van der Waals surface area contributed by atoms with Crippen LogP contribution in [-0.2, 0) is 6.54 Å². The quantitative estimate of drug-likeness (QED) is 0.535. The zero-order valence-corrected chi connectivity index (χ0v) is 16.6. The Balaban J connectivity index is 1.34. The second-order valence-electron chi connectivity index (χ2n) is 7.41. The largest absolute Gasteiger partial charge is 0.340 e. The Morgan fingerprint density at radius 3 is 2.83 bits per heavy atom. The van der Waals surface area contributed by atoms with Gasteiger partial charge in [-0.05, 0) is 35.9 Å². The monoisotopic (exact) mass is 397 g/mol. The highest BCUT2D eigenvalue weighted by molar-refractivity contribution is 5.78. The van der Waals surface area contributed by atoms with Gasteiger partial charge in [0, 0.05) is 68.0 Å². The molecule has 0 atom stereocenters. The molecule has 30 heavy (non-hydrogen) atoms. The van der Waals surface area contributed by atoms with Crippen LogP contribution in [0, 0.1) is 0 Å². The van der Waals surface area contributed by atoms with Gasteiger partial charge in [0.2, 0.25) is 0 Å². The summed E-state index contributed by atoms with van der Waals surface area (Å²) >= 11 is 0. The summed E-state index contributed by atoms with van der Waals surface area (Å²) in [5.41, 5.74) is 4.06. The Morgan fingerprint density at radius 2 is 1.90 bits per heavy atom. The maximum atomic E-state index is 4.63. The van der Waals surface area contributed by atoms with Crippen molar-refractivity contribution in [1.82, 2.24) is 30.2 Å². The summed E-state index contributed by atoms with van der Waals surface area (Å²) in [7, 11) is 0. The van der Waals surface area contributed by atoms with Gasteiger partial charge in [-0.25, -0.2) is 15.0 Å². The highest BCUT2D eigenvalue weighted by atomic mass is 15.2. The SMILES string of the molecule is c1cc(CN2CCNCC2)cc(Nc2cc(-c3ncc4ccncc4n3)ccn2)c1. The first kappa shape index (κ1) is 18.6. The zero-order chi connectivity index (χ0) is 20.2. The van der Waals surface area contributed by atoms with Crippen LogP contribution in [-0.4, -0.2) is 51.0 Å². The third-order valence-corrected chi connectivity index (χ3v) is 5.22. The molecule has 1 saturated heterocycles. The van der Waals surface area contributed by atoms with Crippen LogP contribution in [0.2, 0.25) is 0 Å². The summed E-state index contributed by atoms with van der Waals surface area (Å²) in [5, 5.41) is 7.79. The van der Waals surface area contributed by atoms with Crippen LogP contribution in [0.15, 0.2) is 67.3 Å². The molecule has 5 rings (SSSR count). The number of hydrogen-bond acceptors (Lipinski definition) is 7. The molecule has 7 heteroatoms. The first-order valence-electron chi connectivity index (χ1n) is 10.2. The molecule has 150 valence electrons. The van der Waals surface area contributed by atoms with E-state index in [0.29, 0.717) is 5.82 Å². The Kier molecular flexibility index (Phi) is 5.28. The maximum Gasteiger partial charge on any atom is 0.160 e. The van der Waals surface area contributed by atoms with E-state index in [4.69, 9.17) is 0 Å². The van der Waals surface area contributed by atoms with Crippen molar-refractivity contribution in [2.24, 2.45) is 0 Å². The van der Waals surface area contributed by atoms with Gasteiger partial charge in [-0.3, -0.25) is 9.88 Å². The Bertz CT molecular complexity index is 1150. The third kappa shape index (κ3) is 4.27. The van der Waals surface area contributed by atoms with Crippen LogP contribution in [0.25, 0.3) is 22.3 Å². The molecule has 0 saturated carbocycles. The van der Waals surface area contributed by atoms with E-state index in [9.17, 15) is 0 Å². The van der Waals surface area contributed by atoms with E-state index in [1.165, 1.54) is 5.56 Å². The molecule has 0 amide bonds. The second-order valence-corrected chi connectivity index (χ2v) is 7.41. The van der Waals surface area contributed by atoms with Gasteiger partial charge in [-0.2, -0.15) is 0 Å². The fraction of sp³-hybridized carbons (Fsp3) is 0.217. The van der Waals surface area contributed by atoms with Gasteiger partial charge in [0.05, 0.1) is 11.7 Å². The molecule has 1 aliphatic heterocycles. The standard InChI is InChI=1S/C23H23N7/c1-2-17(16-30-10-8-24-9-11-30)12-20(3-1)28-22-13-18(5-7-26-22)23-27-14-19-4-6-25-15-21(19)29-23/h1-7,12-15,24H,8-11,16H2,(H,26,28). The maximum absolute atomic E-state index is 4.63. The lowest BCUT2D eigenvalue weighted by Crippen LogP contribution is -2.42. The normalized spacial score (nSPS) is 14.7. The van der Waals surface area contributed by atoms with Crippen molar-refractivity contribution in [3.8, 4) is 11.4 Å². The molecule has 4 aromatic rings. The molecule has 4 heterocycles. The molecule has 0 unspecified atom stereocenters. The van der Waals surface area contributed by atoms with Crippen LogP contribution < -0.4 is 10.6 Å². The third-order valence-electron chi connectivity index (χ3n) is 5.22. The summed E-state index contributed by atoms with van der Waals surface area (Å²) in [6.45, 7) is 5.25. The number of pyridine rings is 2. The van der Waals surface area contributed by atoms with Crippen molar-refractivity contribution in [2.45, 2.75) is 6.54 Å². The van der Waals surface area contributed by atoms with Crippen molar-refractivity contribution in [3.63, 3.8) is 0 Å².